The van der Waals surface area contributed by atoms with Gasteiger partial charge in [-0.2, -0.15) is 18.4 Å². The van der Waals surface area contributed by atoms with E-state index < -0.39 is 12.1 Å². The third-order valence-electron chi connectivity index (χ3n) is 1.89. The minimum atomic E-state index is -4.50. The lowest BCUT2D eigenvalue weighted by Gasteiger charge is -2.12. The summed E-state index contributed by atoms with van der Waals surface area (Å²) in [7, 11) is 0. The van der Waals surface area contributed by atoms with Crippen molar-refractivity contribution < 1.29 is 13.2 Å². The first kappa shape index (κ1) is 13.8. The molecule has 0 radical (unpaired) electrons. The summed E-state index contributed by atoms with van der Waals surface area (Å²) >= 11 is 0.844. The molecule has 1 aromatic heterocycles. The van der Waals surface area contributed by atoms with E-state index in [9.17, 15) is 13.2 Å². The van der Waals surface area contributed by atoms with Crippen molar-refractivity contribution in [2.75, 3.05) is 5.75 Å². The van der Waals surface area contributed by atoms with Crippen LogP contribution in [0.4, 0.5) is 13.2 Å². The molecule has 1 atom stereocenters. The second-order valence-corrected chi connectivity index (χ2v) is 4.45. The Morgan fingerprint density at radius 3 is 2.29 bits per heavy atom. The zero-order chi connectivity index (χ0) is 13.1. The molecule has 0 fully saturated rings. The highest BCUT2D eigenvalue weighted by Crippen LogP contribution is 2.30. The predicted octanol–water partition coefficient (Wildman–Crippen LogP) is 2.89. The van der Waals surface area contributed by atoms with Crippen LogP contribution in [0.15, 0.2) is 11.2 Å². The predicted molar refractivity (Wildman–Crippen MR) is 57.4 cm³/mol. The maximum Gasteiger partial charge on any atom is 0.405 e. The zero-order valence-corrected chi connectivity index (χ0v) is 10.1. The first-order valence-corrected chi connectivity index (χ1v) is 5.73. The quantitative estimate of drug-likeness (QED) is 0.620. The number of halogens is 3. The molecule has 1 heterocycles. The maximum atomic E-state index is 12.3. The van der Waals surface area contributed by atoms with Gasteiger partial charge in [0.15, 0.2) is 11.1 Å². The Morgan fingerprint density at radius 2 is 1.88 bits per heavy atom. The fourth-order valence-corrected chi connectivity index (χ4v) is 2.12. The molecule has 0 aliphatic rings. The summed E-state index contributed by atoms with van der Waals surface area (Å²) < 4.78 is 36.9. The summed E-state index contributed by atoms with van der Waals surface area (Å²) in [4.78, 5) is 7.99. The summed E-state index contributed by atoms with van der Waals surface area (Å²) in [6.45, 7) is 3.48. The first-order chi connectivity index (χ1) is 7.82. The highest BCUT2D eigenvalue weighted by atomic mass is 32.2. The topological polar surface area (TPSA) is 49.6 Å². The minimum absolute atomic E-state index is 0.270. The molecule has 0 amide bonds. The smallest absolute Gasteiger partial charge is 0.228 e. The normalized spacial score (nSPS) is 13.2. The van der Waals surface area contributed by atoms with Crippen molar-refractivity contribution in [2.24, 2.45) is 5.92 Å². The highest BCUT2D eigenvalue weighted by molar-refractivity contribution is 7.99. The number of aryl methyl sites for hydroxylation is 2. The van der Waals surface area contributed by atoms with Gasteiger partial charge in [0.1, 0.15) is 0 Å². The summed E-state index contributed by atoms with van der Waals surface area (Å²) in [5.74, 6) is -2.37. The largest absolute Gasteiger partial charge is 0.405 e. The molecule has 0 bridgehead atoms. The lowest BCUT2D eigenvalue weighted by atomic mass is 10.2. The number of hydrogen-bond acceptors (Lipinski definition) is 4. The summed E-state index contributed by atoms with van der Waals surface area (Å²) in [6.07, 6.45) is -4.50. The fourth-order valence-electron chi connectivity index (χ4n) is 1.12. The van der Waals surface area contributed by atoms with Gasteiger partial charge >= 0.3 is 6.18 Å². The Balaban J connectivity index is 2.70. The van der Waals surface area contributed by atoms with E-state index in [-0.39, 0.29) is 10.9 Å². The second kappa shape index (κ2) is 5.36. The Bertz CT molecular complexity index is 419. The van der Waals surface area contributed by atoms with Crippen molar-refractivity contribution in [1.82, 2.24) is 9.97 Å². The SMILES string of the molecule is Cc1cc(C)nc(SCC(C#N)C(F)(F)F)n1. The van der Waals surface area contributed by atoms with Crippen LogP contribution >= 0.6 is 11.8 Å². The molecular formula is C10H10F3N3S. The molecule has 92 valence electrons. The van der Waals surface area contributed by atoms with Crippen LogP contribution in [0.2, 0.25) is 0 Å². The van der Waals surface area contributed by atoms with E-state index in [4.69, 9.17) is 5.26 Å². The summed E-state index contributed by atoms with van der Waals surface area (Å²) in [5, 5.41) is 8.70. The number of nitrogens with zero attached hydrogens (tertiary/aromatic N) is 3. The number of hydrogen-bond donors (Lipinski definition) is 0. The van der Waals surface area contributed by atoms with Crippen LogP contribution in [-0.4, -0.2) is 21.9 Å². The van der Waals surface area contributed by atoms with Gasteiger partial charge in [0.25, 0.3) is 0 Å². The van der Waals surface area contributed by atoms with E-state index in [0.717, 1.165) is 11.8 Å². The molecule has 0 aromatic carbocycles. The zero-order valence-electron chi connectivity index (χ0n) is 9.25. The molecule has 3 nitrogen and oxygen atoms in total. The van der Waals surface area contributed by atoms with Crippen LogP contribution in [0.25, 0.3) is 0 Å². The van der Waals surface area contributed by atoms with Gasteiger partial charge in [-0.3, -0.25) is 0 Å². The van der Waals surface area contributed by atoms with E-state index in [1.165, 1.54) is 6.07 Å². The van der Waals surface area contributed by atoms with Gasteiger partial charge in [-0.25, -0.2) is 9.97 Å². The van der Waals surface area contributed by atoms with Gasteiger partial charge in [0, 0.05) is 17.1 Å². The number of nitriles is 1. The van der Waals surface area contributed by atoms with Gasteiger partial charge in [-0.05, 0) is 19.9 Å². The number of thioether (sulfide) groups is 1. The van der Waals surface area contributed by atoms with Gasteiger partial charge in [0.2, 0.25) is 0 Å². The molecule has 17 heavy (non-hydrogen) atoms. The van der Waals surface area contributed by atoms with Crippen LogP contribution in [0.1, 0.15) is 11.4 Å². The van der Waals surface area contributed by atoms with Crippen molar-refractivity contribution in [3.8, 4) is 6.07 Å². The number of rotatable bonds is 3. The van der Waals surface area contributed by atoms with E-state index in [1.807, 2.05) is 0 Å². The van der Waals surface area contributed by atoms with Crippen molar-refractivity contribution in [3.63, 3.8) is 0 Å². The van der Waals surface area contributed by atoms with E-state index >= 15 is 0 Å². The molecule has 1 rings (SSSR count). The van der Waals surface area contributed by atoms with E-state index in [2.05, 4.69) is 9.97 Å². The van der Waals surface area contributed by atoms with Gasteiger partial charge in [-0.1, -0.05) is 11.8 Å². The molecular weight excluding hydrogens is 251 g/mol. The third-order valence-corrected chi connectivity index (χ3v) is 2.83. The van der Waals surface area contributed by atoms with Crippen LogP contribution in [-0.2, 0) is 0 Å². The fraction of sp³-hybridized carbons (Fsp3) is 0.500. The van der Waals surface area contributed by atoms with E-state index in [1.54, 1.807) is 19.9 Å². The van der Waals surface area contributed by atoms with Crippen molar-refractivity contribution in [1.29, 1.82) is 5.26 Å². The Hall–Kier alpha value is -1.29. The molecule has 0 N–H and O–H groups in total. The minimum Gasteiger partial charge on any atom is -0.228 e. The summed E-state index contributed by atoms with van der Waals surface area (Å²) in [6, 6.07) is 2.97. The van der Waals surface area contributed by atoms with Crippen LogP contribution in [0.3, 0.4) is 0 Å². The van der Waals surface area contributed by atoms with Crippen LogP contribution < -0.4 is 0 Å². The highest BCUT2D eigenvalue weighted by Gasteiger charge is 2.39. The monoisotopic (exact) mass is 261 g/mol. The lowest BCUT2D eigenvalue weighted by molar-refractivity contribution is -0.152. The number of alkyl halides is 3. The molecule has 0 spiro atoms. The number of aromatic nitrogens is 2. The van der Waals surface area contributed by atoms with Crippen molar-refractivity contribution >= 4 is 11.8 Å². The van der Waals surface area contributed by atoms with Crippen molar-refractivity contribution in [3.05, 3.63) is 17.5 Å². The molecule has 0 saturated heterocycles. The molecule has 0 aliphatic heterocycles. The molecule has 7 heteroatoms. The molecule has 1 aromatic rings. The van der Waals surface area contributed by atoms with Gasteiger partial charge in [-0.15, -0.1) is 0 Å². The Labute approximate surface area is 101 Å². The average molecular weight is 261 g/mol. The third kappa shape index (κ3) is 4.23. The van der Waals surface area contributed by atoms with Gasteiger partial charge < -0.3 is 0 Å². The van der Waals surface area contributed by atoms with Crippen molar-refractivity contribution in [2.45, 2.75) is 25.2 Å². The van der Waals surface area contributed by atoms with Gasteiger partial charge in [0.05, 0.1) is 6.07 Å². The standard InChI is InChI=1S/C10H10F3N3S/c1-6-3-7(2)16-9(15-6)17-5-8(4-14)10(11,12)13/h3,8H,5H2,1-2H3. The Kier molecular flexibility index (Phi) is 4.34. The van der Waals surface area contributed by atoms with Crippen LogP contribution in [0, 0.1) is 31.1 Å². The maximum absolute atomic E-state index is 12.3. The first-order valence-electron chi connectivity index (χ1n) is 4.74. The molecule has 1 unspecified atom stereocenters. The molecule has 0 saturated carbocycles. The lowest BCUT2D eigenvalue weighted by Crippen LogP contribution is -2.23. The summed E-state index contributed by atoms with van der Waals surface area (Å²) in [5.41, 5.74) is 1.39. The second-order valence-electron chi connectivity index (χ2n) is 3.47. The van der Waals surface area contributed by atoms with Crippen LogP contribution in [0.5, 0.6) is 0 Å². The Morgan fingerprint density at radius 1 is 1.35 bits per heavy atom. The van der Waals surface area contributed by atoms with E-state index in [0.29, 0.717) is 11.4 Å². The average Bonchev–Trinajstić information content (AvgIpc) is 2.14. The molecule has 0 aliphatic carbocycles.